The molecule has 0 unspecified atom stereocenters. The van der Waals surface area contributed by atoms with Gasteiger partial charge in [0.15, 0.2) is 7.05 Å². The molecule has 20 heavy (non-hydrogen) atoms. The Hall–Kier alpha value is -2.83. The number of carbonyl (C=O) groups excluding carboxylic acids is 1. The van der Waals surface area contributed by atoms with Crippen molar-refractivity contribution in [3.8, 4) is 0 Å². The van der Waals surface area contributed by atoms with E-state index in [0.29, 0.717) is 11.5 Å². The van der Waals surface area contributed by atoms with E-state index in [-0.39, 0.29) is 5.91 Å². The van der Waals surface area contributed by atoms with Crippen molar-refractivity contribution in [1.82, 2.24) is 19.9 Å². The molecule has 0 aliphatic heterocycles. The summed E-state index contributed by atoms with van der Waals surface area (Å²) in [5, 5.41) is 11.8. The van der Waals surface area contributed by atoms with E-state index in [1.54, 1.807) is 25.0 Å². The Morgan fingerprint density at radius 2 is 2.15 bits per heavy atom. The molecule has 3 rings (SSSR count). The summed E-state index contributed by atoms with van der Waals surface area (Å²) in [7, 11) is 3.50. The summed E-state index contributed by atoms with van der Waals surface area (Å²) in [5.74, 6) is 0.161. The molecule has 1 N–H and O–H groups in total. The van der Waals surface area contributed by atoms with Crippen LogP contribution in [0, 0.1) is 0 Å². The molecule has 0 spiro atoms. The minimum absolute atomic E-state index is 0.240. The molecule has 2 aromatic heterocycles. The van der Waals surface area contributed by atoms with E-state index in [0.717, 1.165) is 10.9 Å². The molecule has 1 aromatic carbocycles. The van der Waals surface area contributed by atoms with Gasteiger partial charge < -0.3 is 0 Å². The average Bonchev–Trinajstić information content (AvgIpc) is 2.83. The van der Waals surface area contributed by atoms with Crippen molar-refractivity contribution in [1.29, 1.82) is 0 Å². The molecule has 0 fully saturated rings. The molecule has 2 heterocycles. The topological polar surface area (TPSA) is 76.6 Å². The standard InChI is InChI=1S/C13H12N6O/c1-18-7-10(9-5-3-4-6-11(9)17-18)12(20)16-13-14-8-15-19(13)2/h3-8H,1-2H3/p+1. The second kappa shape index (κ2) is 4.69. The molecule has 0 aliphatic carbocycles. The first-order chi connectivity index (χ1) is 9.65. The first kappa shape index (κ1) is 12.2. The highest BCUT2D eigenvalue weighted by Gasteiger charge is 2.17. The Balaban J connectivity index is 2.05. The monoisotopic (exact) mass is 269 g/mol. The van der Waals surface area contributed by atoms with Crippen LogP contribution in [0.1, 0.15) is 10.4 Å². The molecule has 1 amide bonds. The average molecular weight is 269 g/mol. The van der Waals surface area contributed by atoms with E-state index in [1.807, 2.05) is 24.3 Å². The summed E-state index contributed by atoms with van der Waals surface area (Å²) in [6.45, 7) is 0. The predicted molar refractivity (Wildman–Crippen MR) is 71.9 cm³/mol. The van der Waals surface area contributed by atoms with Gasteiger partial charge in [0, 0.05) is 12.4 Å². The van der Waals surface area contributed by atoms with Gasteiger partial charge in [-0.05, 0) is 11.2 Å². The number of anilines is 1. The van der Waals surface area contributed by atoms with Crippen molar-refractivity contribution >= 4 is 22.8 Å². The van der Waals surface area contributed by atoms with Gasteiger partial charge in [-0.15, -0.1) is 0 Å². The number of amides is 1. The highest BCUT2D eigenvalue weighted by Crippen LogP contribution is 2.15. The quantitative estimate of drug-likeness (QED) is 0.685. The smallest absolute Gasteiger partial charge is 0.264 e. The number of benzene rings is 1. The molecule has 3 aromatic rings. The number of aromatic nitrogens is 5. The lowest BCUT2D eigenvalue weighted by Crippen LogP contribution is -2.34. The number of carbonyl (C=O) groups is 1. The zero-order valence-electron chi connectivity index (χ0n) is 11.1. The van der Waals surface area contributed by atoms with Gasteiger partial charge in [0.1, 0.15) is 17.4 Å². The second-order valence-corrected chi connectivity index (χ2v) is 4.39. The van der Waals surface area contributed by atoms with Crippen LogP contribution in [-0.2, 0) is 14.1 Å². The van der Waals surface area contributed by atoms with Gasteiger partial charge in [-0.2, -0.15) is 10.1 Å². The second-order valence-electron chi connectivity index (χ2n) is 4.39. The third kappa shape index (κ3) is 2.09. The zero-order valence-corrected chi connectivity index (χ0v) is 11.1. The predicted octanol–water partition coefficient (Wildman–Crippen LogP) is 0.440. The third-order valence-corrected chi connectivity index (χ3v) is 2.96. The van der Waals surface area contributed by atoms with E-state index in [2.05, 4.69) is 20.5 Å². The van der Waals surface area contributed by atoms with Crippen molar-refractivity contribution in [2.24, 2.45) is 14.1 Å². The van der Waals surface area contributed by atoms with Crippen LogP contribution < -0.4 is 10.00 Å². The zero-order chi connectivity index (χ0) is 14.1. The van der Waals surface area contributed by atoms with E-state index in [4.69, 9.17) is 0 Å². The number of hydrogen-bond donors (Lipinski definition) is 1. The molecular formula is C13H13N6O+. The van der Waals surface area contributed by atoms with E-state index in [9.17, 15) is 4.79 Å². The fraction of sp³-hybridized carbons (Fsp3) is 0.154. The van der Waals surface area contributed by atoms with Crippen LogP contribution in [-0.4, -0.2) is 25.8 Å². The third-order valence-electron chi connectivity index (χ3n) is 2.96. The Kier molecular flexibility index (Phi) is 2.86. The molecule has 0 atom stereocenters. The fourth-order valence-electron chi connectivity index (χ4n) is 2.00. The molecule has 0 aliphatic rings. The van der Waals surface area contributed by atoms with Gasteiger partial charge >= 0.3 is 0 Å². The van der Waals surface area contributed by atoms with Gasteiger partial charge in [-0.25, -0.2) is 4.68 Å². The lowest BCUT2D eigenvalue weighted by Gasteiger charge is -2.05. The Morgan fingerprint density at radius 1 is 1.35 bits per heavy atom. The maximum Gasteiger partial charge on any atom is 0.264 e. The summed E-state index contributed by atoms with van der Waals surface area (Å²) >= 11 is 0. The van der Waals surface area contributed by atoms with Crippen molar-refractivity contribution in [3.05, 3.63) is 42.4 Å². The molecule has 7 heteroatoms. The first-order valence-electron chi connectivity index (χ1n) is 6.06. The van der Waals surface area contributed by atoms with Gasteiger partial charge in [-0.3, -0.25) is 10.1 Å². The van der Waals surface area contributed by atoms with Crippen LogP contribution >= 0.6 is 0 Å². The van der Waals surface area contributed by atoms with Crippen LogP contribution in [0.25, 0.3) is 10.9 Å². The number of nitrogens with one attached hydrogen (secondary N) is 1. The van der Waals surface area contributed by atoms with Crippen LogP contribution in [0.2, 0.25) is 0 Å². The number of fused-ring (bicyclic) bond motifs is 1. The minimum Gasteiger partial charge on any atom is -0.290 e. The Labute approximate surface area is 114 Å². The SMILES string of the molecule is Cn1ncnc1NC(=O)c1c[n+](C)nc2ccccc12. The van der Waals surface area contributed by atoms with Crippen molar-refractivity contribution in [2.45, 2.75) is 0 Å². The summed E-state index contributed by atoms with van der Waals surface area (Å²) < 4.78 is 3.12. The first-order valence-corrected chi connectivity index (χ1v) is 6.06. The normalized spacial score (nSPS) is 10.7. The number of rotatable bonds is 2. The maximum atomic E-state index is 12.4. The molecule has 0 radical (unpaired) electrons. The number of nitrogens with zero attached hydrogens (tertiary/aromatic N) is 5. The summed E-state index contributed by atoms with van der Waals surface area (Å²) in [6, 6.07) is 7.51. The highest BCUT2D eigenvalue weighted by molar-refractivity contribution is 6.11. The van der Waals surface area contributed by atoms with Crippen LogP contribution in [0.4, 0.5) is 5.95 Å². The lowest BCUT2D eigenvalue weighted by atomic mass is 10.1. The van der Waals surface area contributed by atoms with Crippen LogP contribution in [0.3, 0.4) is 0 Å². The Morgan fingerprint density at radius 3 is 2.90 bits per heavy atom. The summed E-state index contributed by atoms with van der Waals surface area (Å²) in [5.41, 5.74) is 1.31. The lowest BCUT2D eigenvalue weighted by molar-refractivity contribution is -0.728. The van der Waals surface area contributed by atoms with Crippen molar-refractivity contribution < 1.29 is 9.48 Å². The summed E-state index contributed by atoms with van der Waals surface area (Å²) in [4.78, 5) is 16.4. The number of hydrogen-bond acceptors (Lipinski definition) is 4. The molecule has 7 nitrogen and oxygen atoms in total. The molecule has 0 saturated heterocycles. The molecule has 0 saturated carbocycles. The van der Waals surface area contributed by atoms with E-state index >= 15 is 0 Å². The van der Waals surface area contributed by atoms with Crippen LogP contribution in [0.15, 0.2) is 36.8 Å². The minimum atomic E-state index is -0.240. The fourth-order valence-corrected chi connectivity index (χ4v) is 2.00. The van der Waals surface area contributed by atoms with Gasteiger partial charge in [0.25, 0.3) is 5.91 Å². The highest BCUT2D eigenvalue weighted by atomic mass is 16.1. The maximum absolute atomic E-state index is 12.4. The van der Waals surface area contributed by atoms with Crippen LogP contribution in [0.5, 0.6) is 0 Å². The summed E-state index contributed by atoms with van der Waals surface area (Å²) in [6.07, 6.45) is 3.08. The van der Waals surface area contributed by atoms with Gasteiger partial charge in [-0.1, -0.05) is 22.9 Å². The van der Waals surface area contributed by atoms with Gasteiger partial charge in [0.2, 0.25) is 12.1 Å². The number of aryl methyl sites for hydroxylation is 2. The Bertz CT molecular complexity index is 794. The van der Waals surface area contributed by atoms with Gasteiger partial charge in [0.05, 0.1) is 0 Å². The van der Waals surface area contributed by atoms with Crippen molar-refractivity contribution in [2.75, 3.05) is 5.32 Å². The van der Waals surface area contributed by atoms with E-state index in [1.165, 1.54) is 11.0 Å². The molecule has 100 valence electrons. The largest absolute Gasteiger partial charge is 0.290 e. The molecular weight excluding hydrogens is 256 g/mol. The van der Waals surface area contributed by atoms with Crippen molar-refractivity contribution in [3.63, 3.8) is 0 Å². The molecule has 0 bridgehead atoms. The van der Waals surface area contributed by atoms with E-state index < -0.39 is 0 Å².